The average molecular weight is 254 g/mol. The van der Waals surface area contributed by atoms with Crippen LogP contribution in [0, 0.1) is 13.8 Å². The maximum absolute atomic E-state index is 10.0. The van der Waals surface area contributed by atoms with Gasteiger partial charge in [0.25, 0.3) is 0 Å². The van der Waals surface area contributed by atoms with Crippen LogP contribution in [0.25, 0.3) is 0 Å². The lowest BCUT2D eigenvalue weighted by atomic mass is 10.3. The molecular formula is C12H14O2S2. The van der Waals surface area contributed by atoms with Gasteiger partial charge in [0.1, 0.15) is 0 Å². The smallest absolute Gasteiger partial charge is 0.160 e. The van der Waals surface area contributed by atoms with Crippen LogP contribution in [0.4, 0.5) is 0 Å². The molecule has 16 heavy (non-hydrogen) atoms. The van der Waals surface area contributed by atoms with Crippen molar-refractivity contribution in [3.05, 3.63) is 43.8 Å². The number of carbonyl (C=O) groups is 1. The predicted molar refractivity (Wildman–Crippen MR) is 69.4 cm³/mol. The lowest BCUT2D eigenvalue weighted by Crippen LogP contribution is -1.70. The van der Waals surface area contributed by atoms with Crippen LogP contribution in [0.2, 0.25) is 0 Å². The molecule has 1 N–H and O–H groups in total. The Bertz CT molecular complexity index is 443. The Kier molecular flexibility index (Phi) is 5.38. The van der Waals surface area contributed by atoms with Gasteiger partial charge in [-0.2, -0.15) is 0 Å². The summed E-state index contributed by atoms with van der Waals surface area (Å²) >= 11 is 3.08. The molecule has 2 heterocycles. The van der Waals surface area contributed by atoms with Crippen molar-refractivity contribution in [2.45, 2.75) is 20.5 Å². The van der Waals surface area contributed by atoms with E-state index in [-0.39, 0.29) is 6.61 Å². The van der Waals surface area contributed by atoms with Gasteiger partial charge in [0.15, 0.2) is 6.29 Å². The van der Waals surface area contributed by atoms with Crippen molar-refractivity contribution in [2.24, 2.45) is 0 Å². The Labute approximate surface area is 103 Å². The molecule has 0 aliphatic heterocycles. The molecule has 0 unspecified atom stereocenters. The fraction of sp³-hybridized carbons (Fsp3) is 0.250. The van der Waals surface area contributed by atoms with Gasteiger partial charge in [-0.3, -0.25) is 4.79 Å². The zero-order valence-electron chi connectivity index (χ0n) is 9.27. The second-order valence-electron chi connectivity index (χ2n) is 3.39. The maximum Gasteiger partial charge on any atom is 0.160 e. The zero-order chi connectivity index (χ0) is 12.0. The first kappa shape index (κ1) is 13.1. The highest BCUT2D eigenvalue weighted by Gasteiger charge is 1.91. The van der Waals surface area contributed by atoms with E-state index in [0.29, 0.717) is 0 Å². The van der Waals surface area contributed by atoms with Crippen molar-refractivity contribution in [1.82, 2.24) is 0 Å². The summed E-state index contributed by atoms with van der Waals surface area (Å²) in [6, 6.07) is 3.86. The average Bonchev–Trinajstić information content (AvgIpc) is 2.88. The first-order valence-corrected chi connectivity index (χ1v) is 6.57. The molecule has 2 nitrogen and oxygen atoms in total. The normalized spacial score (nSPS) is 9.44. The molecule has 0 aromatic carbocycles. The summed E-state index contributed by atoms with van der Waals surface area (Å²) in [5.41, 5.74) is 2.40. The molecule has 2 rings (SSSR count). The molecule has 2 aromatic rings. The second kappa shape index (κ2) is 6.58. The molecule has 0 radical (unpaired) electrons. The van der Waals surface area contributed by atoms with E-state index in [1.54, 1.807) is 11.3 Å². The molecule has 0 saturated heterocycles. The molecular weight excluding hydrogens is 240 g/mol. The molecule has 0 bridgehead atoms. The second-order valence-corrected chi connectivity index (χ2v) is 5.33. The van der Waals surface area contributed by atoms with E-state index in [4.69, 9.17) is 5.11 Å². The number of hydrogen-bond acceptors (Lipinski definition) is 4. The van der Waals surface area contributed by atoms with Crippen LogP contribution in [0.5, 0.6) is 0 Å². The van der Waals surface area contributed by atoms with Crippen LogP contribution >= 0.6 is 22.7 Å². The highest BCUT2D eigenvalue weighted by atomic mass is 32.1. The van der Waals surface area contributed by atoms with Crippen molar-refractivity contribution >= 4 is 29.0 Å². The summed E-state index contributed by atoms with van der Waals surface area (Å²) in [4.78, 5) is 11.9. The van der Waals surface area contributed by atoms with Gasteiger partial charge in [0, 0.05) is 4.88 Å². The molecule has 0 spiro atoms. The van der Waals surface area contributed by atoms with E-state index >= 15 is 0 Å². The standard InChI is InChI=1S/C6H8OS.C6H6OS/c2*1-5-2-6(3-7)8-4-5/h2,4,7H,3H2,1H3;2-4H,1H3. The third-order valence-corrected chi connectivity index (χ3v) is 3.82. The van der Waals surface area contributed by atoms with Gasteiger partial charge in [0.05, 0.1) is 11.5 Å². The van der Waals surface area contributed by atoms with E-state index in [1.807, 2.05) is 36.7 Å². The third-order valence-electron chi connectivity index (χ3n) is 1.81. The Morgan fingerprint density at radius 3 is 2.06 bits per heavy atom. The molecule has 2 aromatic heterocycles. The Hall–Kier alpha value is -0.970. The number of aldehydes is 1. The van der Waals surface area contributed by atoms with E-state index in [2.05, 4.69) is 0 Å². The topological polar surface area (TPSA) is 37.3 Å². The first-order valence-electron chi connectivity index (χ1n) is 4.81. The van der Waals surface area contributed by atoms with Crippen molar-refractivity contribution in [1.29, 1.82) is 0 Å². The fourth-order valence-electron chi connectivity index (χ4n) is 1.09. The Morgan fingerprint density at radius 1 is 1.19 bits per heavy atom. The van der Waals surface area contributed by atoms with Gasteiger partial charge >= 0.3 is 0 Å². The van der Waals surface area contributed by atoms with Gasteiger partial charge in [0.2, 0.25) is 0 Å². The largest absolute Gasteiger partial charge is 0.391 e. The summed E-state index contributed by atoms with van der Waals surface area (Å²) in [5.74, 6) is 0. The van der Waals surface area contributed by atoms with Gasteiger partial charge in [-0.05, 0) is 47.9 Å². The van der Waals surface area contributed by atoms with Crippen molar-refractivity contribution in [2.75, 3.05) is 0 Å². The van der Waals surface area contributed by atoms with Crippen LogP contribution < -0.4 is 0 Å². The van der Waals surface area contributed by atoms with Crippen molar-refractivity contribution < 1.29 is 9.90 Å². The quantitative estimate of drug-likeness (QED) is 0.834. The molecule has 0 amide bonds. The van der Waals surface area contributed by atoms with Gasteiger partial charge in [-0.1, -0.05) is 0 Å². The molecule has 0 atom stereocenters. The summed E-state index contributed by atoms with van der Waals surface area (Å²) in [6.07, 6.45) is 0.873. The molecule has 0 fully saturated rings. The zero-order valence-corrected chi connectivity index (χ0v) is 10.9. The van der Waals surface area contributed by atoms with Crippen molar-refractivity contribution in [3.8, 4) is 0 Å². The third kappa shape index (κ3) is 4.26. The molecule has 0 aliphatic rings. The van der Waals surface area contributed by atoms with Gasteiger partial charge in [-0.25, -0.2) is 0 Å². The summed E-state index contributed by atoms with van der Waals surface area (Å²) in [6.45, 7) is 4.18. The highest BCUT2D eigenvalue weighted by molar-refractivity contribution is 7.11. The Morgan fingerprint density at radius 2 is 1.81 bits per heavy atom. The minimum absolute atomic E-state index is 0.179. The molecule has 0 aliphatic carbocycles. The minimum atomic E-state index is 0.179. The summed E-state index contributed by atoms with van der Waals surface area (Å²) in [7, 11) is 0. The van der Waals surface area contributed by atoms with Gasteiger partial charge < -0.3 is 5.11 Å². The fourth-order valence-corrected chi connectivity index (χ4v) is 2.52. The van der Waals surface area contributed by atoms with Crippen molar-refractivity contribution in [3.63, 3.8) is 0 Å². The van der Waals surface area contributed by atoms with Gasteiger partial charge in [-0.15, -0.1) is 22.7 Å². The highest BCUT2D eigenvalue weighted by Crippen LogP contribution is 2.12. The van der Waals surface area contributed by atoms with E-state index in [0.717, 1.165) is 21.6 Å². The number of thiophene rings is 2. The van der Waals surface area contributed by atoms with Crippen LogP contribution in [0.3, 0.4) is 0 Å². The summed E-state index contributed by atoms with van der Waals surface area (Å²) < 4.78 is 0. The monoisotopic (exact) mass is 254 g/mol. The van der Waals surface area contributed by atoms with Crippen LogP contribution in [-0.4, -0.2) is 11.4 Å². The number of aliphatic hydroxyl groups is 1. The van der Waals surface area contributed by atoms with Crippen LogP contribution in [0.1, 0.15) is 25.7 Å². The summed E-state index contributed by atoms with van der Waals surface area (Å²) in [5, 5.41) is 12.6. The number of hydrogen-bond donors (Lipinski definition) is 1. The van der Waals surface area contributed by atoms with E-state index in [9.17, 15) is 4.79 Å². The predicted octanol–water partition coefficient (Wildman–Crippen LogP) is 3.42. The van der Waals surface area contributed by atoms with E-state index < -0.39 is 0 Å². The van der Waals surface area contributed by atoms with E-state index in [1.165, 1.54) is 16.9 Å². The SMILES string of the molecule is Cc1csc(C=O)c1.Cc1csc(CO)c1. The number of carbonyl (C=O) groups excluding carboxylic acids is 1. The van der Waals surface area contributed by atoms with Crippen LogP contribution in [0.15, 0.2) is 22.9 Å². The molecule has 4 heteroatoms. The molecule has 86 valence electrons. The molecule has 0 saturated carbocycles. The van der Waals surface area contributed by atoms with Crippen LogP contribution in [-0.2, 0) is 6.61 Å². The number of aliphatic hydroxyl groups excluding tert-OH is 1. The Balaban J connectivity index is 0.000000160. The lowest BCUT2D eigenvalue weighted by molar-refractivity contribution is 0.112. The lowest BCUT2D eigenvalue weighted by Gasteiger charge is -1.79. The first-order chi connectivity index (χ1) is 7.65. The minimum Gasteiger partial charge on any atom is -0.391 e. The number of aryl methyl sites for hydroxylation is 2. The number of rotatable bonds is 2. The maximum atomic E-state index is 10.0.